The second kappa shape index (κ2) is 5.45. The molecule has 3 aromatic rings. The molecule has 0 bridgehead atoms. The van der Waals surface area contributed by atoms with Crippen molar-refractivity contribution in [3.05, 3.63) is 77.0 Å². The summed E-state index contributed by atoms with van der Waals surface area (Å²) < 4.78 is 4.68. The van der Waals surface area contributed by atoms with E-state index in [1.54, 1.807) is 18.2 Å². The van der Waals surface area contributed by atoms with E-state index >= 15 is 0 Å². The molecule has 0 heterocycles. The molecule has 0 unspecified atom stereocenters. The van der Waals surface area contributed by atoms with Crippen molar-refractivity contribution < 1.29 is 9.53 Å². The quantitative estimate of drug-likeness (QED) is 0.535. The van der Waals surface area contributed by atoms with E-state index in [4.69, 9.17) is 0 Å². The molecule has 0 radical (unpaired) electrons. The molecule has 108 valence electrons. The molecule has 0 aromatic heterocycles. The van der Waals surface area contributed by atoms with E-state index in [9.17, 15) is 9.59 Å². The number of fused-ring (bicyclic) bond motifs is 2. The van der Waals surface area contributed by atoms with Gasteiger partial charge >= 0.3 is 5.97 Å². The van der Waals surface area contributed by atoms with Gasteiger partial charge in [0, 0.05) is 10.8 Å². The molecule has 0 atom stereocenters. The first kappa shape index (κ1) is 14.0. The van der Waals surface area contributed by atoms with Gasteiger partial charge in [0.25, 0.3) is 0 Å². The molecule has 3 rings (SSSR count). The monoisotopic (exact) mass is 290 g/mol. The van der Waals surface area contributed by atoms with Crippen molar-refractivity contribution in [2.24, 2.45) is 0 Å². The molecule has 0 aliphatic heterocycles. The topological polar surface area (TPSA) is 43.4 Å². The largest absolute Gasteiger partial charge is 0.465 e. The first-order valence-corrected chi connectivity index (χ1v) is 6.85. The van der Waals surface area contributed by atoms with Crippen LogP contribution in [-0.4, -0.2) is 13.1 Å². The minimum absolute atomic E-state index is 0.0224. The van der Waals surface area contributed by atoms with Crippen LogP contribution in [-0.2, 0) is 9.53 Å². The van der Waals surface area contributed by atoms with Crippen LogP contribution in [0.1, 0.15) is 5.56 Å². The lowest BCUT2D eigenvalue weighted by Gasteiger charge is -2.04. The molecule has 3 nitrogen and oxygen atoms in total. The number of methoxy groups -OCH3 is 1. The summed E-state index contributed by atoms with van der Waals surface area (Å²) in [4.78, 5) is 24.2. The van der Waals surface area contributed by atoms with Crippen molar-refractivity contribution in [1.82, 2.24) is 0 Å². The number of hydrogen-bond acceptors (Lipinski definition) is 3. The average molecular weight is 290 g/mol. The van der Waals surface area contributed by atoms with Gasteiger partial charge in [0.15, 0.2) is 5.43 Å². The third-order valence-electron chi connectivity index (χ3n) is 3.72. The fraction of sp³-hybridized carbons (Fsp3) is 0.0526. The van der Waals surface area contributed by atoms with Crippen LogP contribution in [0.25, 0.3) is 27.1 Å². The highest BCUT2D eigenvalue weighted by atomic mass is 16.5. The van der Waals surface area contributed by atoms with Crippen LogP contribution >= 0.6 is 0 Å². The van der Waals surface area contributed by atoms with E-state index in [-0.39, 0.29) is 11.0 Å². The molecule has 0 saturated carbocycles. The van der Waals surface area contributed by atoms with Crippen molar-refractivity contribution in [2.45, 2.75) is 0 Å². The number of carbonyl (C=O) groups excluding carboxylic acids is 1. The van der Waals surface area contributed by atoms with Crippen molar-refractivity contribution in [1.29, 1.82) is 0 Å². The van der Waals surface area contributed by atoms with E-state index in [2.05, 4.69) is 11.3 Å². The summed E-state index contributed by atoms with van der Waals surface area (Å²) in [5.41, 5.74) is 0.896. The second-order valence-corrected chi connectivity index (χ2v) is 5.02. The zero-order valence-electron chi connectivity index (χ0n) is 12.1. The van der Waals surface area contributed by atoms with E-state index in [0.29, 0.717) is 16.3 Å². The summed E-state index contributed by atoms with van der Waals surface area (Å²) in [6.45, 7) is 3.74. The van der Waals surface area contributed by atoms with Crippen LogP contribution in [0, 0.1) is 0 Å². The number of rotatable bonds is 2. The Morgan fingerprint density at radius 3 is 2.41 bits per heavy atom. The standard InChI is InChI=1S/C19H14O3/c1-12(19(21)22-2)14-9-10-17-15(11-14)8-7-13-5-3-4-6-16(13)18(17)20/h3-11H,1H2,2H3. The van der Waals surface area contributed by atoms with Gasteiger partial charge in [-0.15, -0.1) is 0 Å². The molecular weight excluding hydrogens is 276 g/mol. The lowest BCUT2D eigenvalue weighted by Crippen LogP contribution is -2.03. The summed E-state index contributed by atoms with van der Waals surface area (Å²) in [6, 6.07) is 16.5. The molecule has 0 aliphatic carbocycles. The summed E-state index contributed by atoms with van der Waals surface area (Å²) >= 11 is 0. The van der Waals surface area contributed by atoms with Gasteiger partial charge < -0.3 is 4.74 Å². The lowest BCUT2D eigenvalue weighted by atomic mass is 10.0. The minimum atomic E-state index is -0.479. The van der Waals surface area contributed by atoms with Gasteiger partial charge in [0.2, 0.25) is 0 Å². The van der Waals surface area contributed by atoms with E-state index < -0.39 is 5.97 Å². The zero-order valence-corrected chi connectivity index (χ0v) is 12.1. The molecular formula is C19H14O3. The number of carbonyl (C=O) groups is 1. The number of hydrogen-bond donors (Lipinski definition) is 0. The van der Waals surface area contributed by atoms with Crippen LogP contribution in [0.15, 0.2) is 66.0 Å². The molecule has 3 aromatic carbocycles. The average Bonchev–Trinajstić information content (AvgIpc) is 2.71. The predicted octanol–water partition coefficient (Wildman–Crippen LogP) is 3.54. The van der Waals surface area contributed by atoms with Gasteiger partial charge in [0.05, 0.1) is 12.7 Å². The molecule has 3 heteroatoms. The van der Waals surface area contributed by atoms with Crippen molar-refractivity contribution in [3.8, 4) is 0 Å². The molecule has 22 heavy (non-hydrogen) atoms. The first-order chi connectivity index (χ1) is 10.6. The van der Waals surface area contributed by atoms with Gasteiger partial charge in [-0.1, -0.05) is 49.0 Å². The van der Waals surface area contributed by atoms with E-state index in [0.717, 1.165) is 10.8 Å². The van der Waals surface area contributed by atoms with Gasteiger partial charge in [-0.3, -0.25) is 4.79 Å². The normalized spacial score (nSPS) is 10.6. The third-order valence-corrected chi connectivity index (χ3v) is 3.72. The van der Waals surface area contributed by atoms with Crippen LogP contribution in [0.2, 0.25) is 0 Å². The Hall–Kier alpha value is -2.94. The van der Waals surface area contributed by atoms with Crippen LogP contribution < -0.4 is 5.43 Å². The first-order valence-electron chi connectivity index (χ1n) is 6.85. The molecule has 0 saturated heterocycles. The molecule has 0 spiro atoms. The maximum absolute atomic E-state index is 12.6. The predicted molar refractivity (Wildman–Crippen MR) is 88.8 cm³/mol. The van der Waals surface area contributed by atoms with Gasteiger partial charge in [-0.05, 0) is 28.5 Å². The third kappa shape index (κ3) is 2.27. The Bertz CT molecular complexity index is 971. The lowest BCUT2D eigenvalue weighted by molar-refractivity contribution is -0.133. The van der Waals surface area contributed by atoms with Gasteiger partial charge in [-0.2, -0.15) is 0 Å². The molecule has 0 amide bonds. The Labute approximate surface area is 127 Å². The Kier molecular flexibility index (Phi) is 3.47. The summed E-state index contributed by atoms with van der Waals surface area (Å²) in [7, 11) is 1.32. The number of ether oxygens (including phenoxy) is 1. The summed E-state index contributed by atoms with van der Waals surface area (Å²) in [5, 5.41) is 2.94. The SMILES string of the molecule is C=C(C(=O)OC)c1ccc2c(=O)c3ccccc3ccc2c1. The van der Waals surface area contributed by atoms with Crippen molar-refractivity contribution in [3.63, 3.8) is 0 Å². The van der Waals surface area contributed by atoms with E-state index in [1.807, 2.05) is 36.4 Å². The van der Waals surface area contributed by atoms with Gasteiger partial charge in [0.1, 0.15) is 0 Å². The second-order valence-electron chi connectivity index (χ2n) is 5.02. The van der Waals surface area contributed by atoms with Gasteiger partial charge in [-0.25, -0.2) is 4.79 Å². The summed E-state index contributed by atoms with van der Waals surface area (Å²) in [5.74, 6) is -0.479. The van der Waals surface area contributed by atoms with Crippen LogP contribution in [0.5, 0.6) is 0 Å². The van der Waals surface area contributed by atoms with Crippen molar-refractivity contribution in [2.75, 3.05) is 7.11 Å². The Morgan fingerprint density at radius 1 is 0.955 bits per heavy atom. The molecule has 0 aliphatic rings. The van der Waals surface area contributed by atoms with Crippen LogP contribution in [0.4, 0.5) is 0 Å². The molecule has 0 N–H and O–H groups in total. The smallest absolute Gasteiger partial charge is 0.337 e. The fourth-order valence-corrected chi connectivity index (χ4v) is 2.51. The van der Waals surface area contributed by atoms with Crippen molar-refractivity contribution >= 4 is 33.1 Å². The van der Waals surface area contributed by atoms with E-state index in [1.165, 1.54) is 7.11 Å². The number of esters is 1. The highest BCUT2D eigenvalue weighted by Crippen LogP contribution is 2.21. The Morgan fingerprint density at radius 2 is 1.64 bits per heavy atom. The zero-order chi connectivity index (χ0) is 15.7. The minimum Gasteiger partial charge on any atom is -0.465 e. The summed E-state index contributed by atoms with van der Waals surface area (Å²) in [6.07, 6.45) is 0. The maximum Gasteiger partial charge on any atom is 0.337 e. The Balaban J connectivity index is 2.31. The molecule has 0 fully saturated rings. The number of benzene rings is 2. The maximum atomic E-state index is 12.6. The highest BCUT2D eigenvalue weighted by molar-refractivity contribution is 6.16. The fourth-order valence-electron chi connectivity index (χ4n) is 2.51. The van der Waals surface area contributed by atoms with Crippen LogP contribution in [0.3, 0.4) is 0 Å². The highest BCUT2D eigenvalue weighted by Gasteiger charge is 2.10.